The van der Waals surface area contributed by atoms with Gasteiger partial charge in [-0.05, 0) is 24.1 Å². The Morgan fingerprint density at radius 3 is 2.73 bits per heavy atom. The van der Waals surface area contributed by atoms with Crippen LogP contribution in [0.2, 0.25) is 0 Å². The third kappa shape index (κ3) is 3.30. The summed E-state index contributed by atoms with van der Waals surface area (Å²) < 4.78 is 5.16. The molecule has 0 radical (unpaired) electrons. The minimum atomic E-state index is -0.254. The summed E-state index contributed by atoms with van der Waals surface area (Å²) in [6.45, 7) is 4.04. The molecule has 1 saturated heterocycles. The summed E-state index contributed by atoms with van der Waals surface area (Å²) >= 11 is 0. The van der Waals surface area contributed by atoms with Crippen LogP contribution >= 0.6 is 0 Å². The average Bonchev–Trinajstić information content (AvgIpc) is 2.55. The van der Waals surface area contributed by atoms with Gasteiger partial charge in [0.2, 0.25) is 11.8 Å². The van der Waals surface area contributed by atoms with Crippen molar-refractivity contribution in [3.8, 4) is 5.75 Å². The van der Waals surface area contributed by atoms with Crippen molar-refractivity contribution in [2.24, 2.45) is 5.92 Å². The van der Waals surface area contributed by atoms with Gasteiger partial charge in [0.15, 0.2) is 0 Å². The molecule has 0 unspecified atom stereocenters. The van der Waals surface area contributed by atoms with Crippen molar-refractivity contribution in [3.63, 3.8) is 0 Å². The molecule has 2 rings (SSSR count). The molecule has 1 aromatic carbocycles. The lowest BCUT2D eigenvalue weighted by molar-refractivity contribution is -0.141. The number of piperidine rings is 1. The maximum Gasteiger partial charge on any atom is 0.225 e. The average molecular weight is 302 g/mol. The predicted octanol–water partition coefficient (Wildman–Crippen LogP) is 1.91. The van der Waals surface area contributed by atoms with Crippen LogP contribution in [-0.2, 0) is 9.59 Å². The SMILES string of the molecule is C=CCNC(=O)[C@H]1CCC(=O)N(C)[C@@H]1c1ccc(OC)cc1. The summed E-state index contributed by atoms with van der Waals surface area (Å²) in [7, 11) is 3.36. The fourth-order valence-electron chi connectivity index (χ4n) is 2.87. The Balaban J connectivity index is 2.28. The highest BCUT2D eigenvalue weighted by Gasteiger charge is 2.38. The van der Waals surface area contributed by atoms with Crippen LogP contribution in [0.1, 0.15) is 24.4 Å². The lowest BCUT2D eigenvalue weighted by Gasteiger charge is -2.38. The third-order valence-electron chi connectivity index (χ3n) is 4.08. The molecule has 1 fully saturated rings. The highest BCUT2D eigenvalue weighted by atomic mass is 16.5. The largest absolute Gasteiger partial charge is 0.497 e. The quantitative estimate of drug-likeness (QED) is 0.845. The molecule has 2 atom stereocenters. The van der Waals surface area contributed by atoms with E-state index in [-0.39, 0.29) is 23.8 Å². The Kier molecular flexibility index (Phi) is 5.20. The number of carbonyl (C=O) groups excluding carboxylic acids is 2. The molecule has 1 aliphatic heterocycles. The molecule has 0 aliphatic carbocycles. The van der Waals surface area contributed by atoms with E-state index in [4.69, 9.17) is 4.74 Å². The maximum absolute atomic E-state index is 12.4. The van der Waals surface area contributed by atoms with E-state index in [0.717, 1.165) is 11.3 Å². The van der Waals surface area contributed by atoms with Crippen LogP contribution in [0.15, 0.2) is 36.9 Å². The van der Waals surface area contributed by atoms with Crippen molar-refractivity contribution >= 4 is 11.8 Å². The van der Waals surface area contributed by atoms with Crippen LogP contribution in [0.5, 0.6) is 5.75 Å². The molecular weight excluding hydrogens is 280 g/mol. The van der Waals surface area contributed by atoms with Crippen molar-refractivity contribution in [1.29, 1.82) is 0 Å². The number of carbonyl (C=O) groups is 2. The standard InChI is InChI=1S/C17H22N2O3/c1-4-11-18-17(21)14-9-10-15(20)19(2)16(14)12-5-7-13(22-3)8-6-12/h4-8,14,16H,1,9-11H2,2-3H3,(H,18,21)/t14-,16+/m0/s1. The van der Waals surface area contributed by atoms with Gasteiger partial charge in [-0.25, -0.2) is 0 Å². The molecule has 118 valence electrons. The molecule has 22 heavy (non-hydrogen) atoms. The first kappa shape index (κ1) is 16.1. The van der Waals surface area contributed by atoms with E-state index in [1.165, 1.54) is 0 Å². The molecular formula is C17H22N2O3. The van der Waals surface area contributed by atoms with Crippen molar-refractivity contribution in [3.05, 3.63) is 42.5 Å². The van der Waals surface area contributed by atoms with E-state index in [1.807, 2.05) is 24.3 Å². The zero-order chi connectivity index (χ0) is 16.1. The minimum absolute atomic E-state index is 0.0416. The lowest BCUT2D eigenvalue weighted by atomic mass is 9.84. The van der Waals surface area contributed by atoms with Gasteiger partial charge in [-0.3, -0.25) is 9.59 Å². The van der Waals surface area contributed by atoms with E-state index >= 15 is 0 Å². The fourth-order valence-corrected chi connectivity index (χ4v) is 2.87. The predicted molar refractivity (Wildman–Crippen MR) is 84.4 cm³/mol. The van der Waals surface area contributed by atoms with Crippen LogP contribution < -0.4 is 10.1 Å². The summed E-state index contributed by atoms with van der Waals surface area (Å²) in [5.41, 5.74) is 0.940. The first-order valence-corrected chi connectivity index (χ1v) is 7.36. The molecule has 1 N–H and O–H groups in total. The number of methoxy groups -OCH3 is 1. The van der Waals surface area contributed by atoms with Gasteiger partial charge in [0, 0.05) is 20.0 Å². The Morgan fingerprint density at radius 2 is 2.14 bits per heavy atom. The van der Waals surface area contributed by atoms with Gasteiger partial charge in [0.1, 0.15) is 5.75 Å². The topological polar surface area (TPSA) is 58.6 Å². The molecule has 1 aliphatic rings. The van der Waals surface area contributed by atoms with Gasteiger partial charge in [-0.2, -0.15) is 0 Å². The normalized spacial score (nSPS) is 21.4. The van der Waals surface area contributed by atoms with Gasteiger partial charge in [0.05, 0.1) is 19.1 Å². The van der Waals surface area contributed by atoms with E-state index in [2.05, 4.69) is 11.9 Å². The Labute approximate surface area is 130 Å². The molecule has 5 nitrogen and oxygen atoms in total. The number of likely N-dealkylation sites (tertiary alicyclic amines) is 1. The highest BCUT2D eigenvalue weighted by Crippen LogP contribution is 2.36. The zero-order valence-electron chi connectivity index (χ0n) is 13.0. The van der Waals surface area contributed by atoms with Crippen LogP contribution in [0, 0.1) is 5.92 Å². The van der Waals surface area contributed by atoms with Gasteiger partial charge < -0.3 is 15.0 Å². The number of nitrogens with one attached hydrogen (secondary N) is 1. The Morgan fingerprint density at radius 1 is 1.45 bits per heavy atom. The van der Waals surface area contributed by atoms with Gasteiger partial charge in [0.25, 0.3) is 0 Å². The number of rotatable bonds is 5. The van der Waals surface area contributed by atoms with E-state index in [1.54, 1.807) is 25.1 Å². The van der Waals surface area contributed by atoms with Crippen molar-refractivity contribution < 1.29 is 14.3 Å². The zero-order valence-corrected chi connectivity index (χ0v) is 13.0. The summed E-state index contributed by atoms with van der Waals surface area (Å²) in [6.07, 6.45) is 2.61. The second-order valence-electron chi connectivity index (χ2n) is 5.40. The van der Waals surface area contributed by atoms with Crippen molar-refractivity contribution in [2.75, 3.05) is 20.7 Å². The van der Waals surface area contributed by atoms with E-state index < -0.39 is 0 Å². The molecule has 0 saturated carbocycles. The number of hydrogen-bond acceptors (Lipinski definition) is 3. The van der Waals surface area contributed by atoms with Crippen LogP contribution in [-0.4, -0.2) is 37.4 Å². The van der Waals surface area contributed by atoms with Crippen LogP contribution in [0.4, 0.5) is 0 Å². The molecule has 2 amide bonds. The van der Waals surface area contributed by atoms with Crippen molar-refractivity contribution in [2.45, 2.75) is 18.9 Å². The summed E-state index contributed by atoms with van der Waals surface area (Å²) in [5, 5.41) is 2.84. The summed E-state index contributed by atoms with van der Waals surface area (Å²) in [5.74, 6) is 0.519. The Bertz CT molecular complexity index is 554. The number of amides is 2. The second kappa shape index (κ2) is 7.11. The number of ether oxygens (including phenoxy) is 1. The minimum Gasteiger partial charge on any atom is -0.497 e. The molecule has 5 heteroatoms. The smallest absolute Gasteiger partial charge is 0.225 e. The van der Waals surface area contributed by atoms with Crippen LogP contribution in [0.3, 0.4) is 0 Å². The number of hydrogen-bond donors (Lipinski definition) is 1. The summed E-state index contributed by atoms with van der Waals surface area (Å²) in [6, 6.07) is 7.26. The molecule has 0 bridgehead atoms. The van der Waals surface area contributed by atoms with Crippen LogP contribution in [0.25, 0.3) is 0 Å². The molecule has 1 aromatic rings. The number of nitrogens with zero attached hydrogens (tertiary/aromatic N) is 1. The van der Waals surface area contributed by atoms with Gasteiger partial charge in [-0.15, -0.1) is 6.58 Å². The highest BCUT2D eigenvalue weighted by molar-refractivity contribution is 5.85. The monoisotopic (exact) mass is 302 g/mol. The summed E-state index contributed by atoms with van der Waals surface area (Å²) in [4.78, 5) is 26.1. The first-order chi connectivity index (χ1) is 10.6. The second-order valence-corrected chi connectivity index (χ2v) is 5.40. The lowest BCUT2D eigenvalue weighted by Crippen LogP contribution is -2.46. The third-order valence-corrected chi connectivity index (χ3v) is 4.08. The Hall–Kier alpha value is -2.30. The van der Waals surface area contributed by atoms with E-state index in [9.17, 15) is 9.59 Å². The molecule has 1 heterocycles. The number of benzene rings is 1. The van der Waals surface area contributed by atoms with Gasteiger partial charge in [-0.1, -0.05) is 18.2 Å². The first-order valence-electron chi connectivity index (χ1n) is 7.36. The maximum atomic E-state index is 12.4. The molecule has 0 aromatic heterocycles. The van der Waals surface area contributed by atoms with E-state index in [0.29, 0.717) is 19.4 Å². The van der Waals surface area contributed by atoms with Crippen molar-refractivity contribution in [1.82, 2.24) is 10.2 Å². The van der Waals surface area contributed by atoms with Gasteiger partial charge >= 0.3 is 0 Å². The molecule has 0 spiro atoms. The fraction of sp³-hybridized carbons (Fsp3) is 0.412.